The molecule has 32 heavy (non-hydrogen) atoms. The minimum absolute atomic E-state index is 0. The summed E-state index contributed by atoms with van der Waals surface area (Å²) < 4.78 is 0. The third kappa shape index (κ3) is 5.38. The van der Waals surface area contributed by atoms with Crippen LogP contribution in [-0.2, 0) is 39.0 Å². The smallest absolute Gasteiger partial charge is 0.507 e. The summed E-state index contributed by atoms with van der Waals surface area (Å²) in [6.45, 7) is 13.2. The van der Waals surface area contributed by atoms with E-state index in [1.165, 1.54) is 27.8 Å². The Bertz CT molecular complexity index is 1070. The zero-order chi connectivity index (χ0) is 20.3. The van der Waals surface area contributed by atoms with Gasteiger partial charge in [-0.2, -0.15) is 0 Å². The van der Waals surface area contributed by atoms with Crippen LogP contribution in [0.25, 0.3) is 22.3 Å². The predicted molar refractivity (Wildman–Crippen MR) is 138 cm³/mol. The Morgan fingerprint density at radius 1 is 0.656 bits per heavy atom. The first-order chi connectivity index (χ1) is 13.1. The Kier molecular flexibility index (Phi) is 9.81. The van der Waals surface area contributed by atoms with Crippen molar-refractivity contribution in [1.82, 2.24) is 0 Å². The van der Waals surface area contributed by atoms with E-state index < -0.39 is 0 Å². The van der Waals surface area contributed by atoms with Gasteiger partial charge in [0.15, 0.2) is 0 Å². The molecule has 3 aromatic rings. The molecular weight excluding hydrogens is 424 g/mol. The first-order valence-corrected chi connectivity index (χ1v) is 10.2. The number of hydrogen-bond acceptors (Lipinski definition) is 1. The number of phenolic OH excluding ortho intramolecular Hbond substituents is 1. The zero-order valence-electron chi connectivity index (χ0n) is 21.4. The summed E-state index contributed by atoms with van der Waals surface area (Å²) in [7, 11) is 0. The molecule has 169 valence electrons. The van der Waals surface area contributed by atoms with Crippen molar-refractivity contribution >= 4 is 0 Å². The molecule has 3 aromatic carbocycles. The van der Waals surface area contributed by atoms with Gasteiger partial charge in [0, 0.05) is 11.1 Å². The number of phenols is 1. The van der Waals surface area contributed by atoms with Gasteiger partial charge in [-0.1, -0.05) is 90.1 Å². The number of rotatable bonds is 1. The molecule has 0 saturated heterocycles. The van der Waals surface area contributed by atoms with Crippen LogP contribution in [0.5, 0.6) is 5.75 Å². The molecule has 4 rings (SSSR count). The first-order valence-electron chi connectivity index (χ1n) is 10.2. The molecule has 1 radical (unpaired) electrons. The molecule has 1 nitrogen and oxygen atoms in total. The van der Waals surface area contributed by atoms with Crippen LogP contribution >= 0.6 is 0 Å². The van der Waals surface area contributed by atoms with Crippen LogP contribution in [0.2, 0.25) is 0 Å². The number of benzene rings is 3. The molecule has 0 saturated carbocycles. The van der Waals surface area contributed by atoms with Crippen LogP contribution in [-0.4, -0.2) is 5.11 Å². The average Bonchev–Trinajstić information content (AvgIpc) is 2.97. The maximum Gasteiger partial charge on any atom is 3.00 e. The van der Waals surface area contributed by atoms with E-state index in [9.17, 15) is 5.11 Å². The van der Waals surface area contributed by atoms with Crippen molar-refractivity contribution in [2.75, 3.05) is 0 Å². The summed E-state index contributed by atoms with van der Waals surface area (Å²) in [5, 5.41) is 11.2. The van der Waals surface area contributed by atoms with E-state index in [1.54, 1.807) is 0 Å². The van der Waals surface area contributed by atoms with Gasteiger partial charge in [-0.3, -0.25) is 0 Å². The molecule has 0 fully saturated rings. The molecule has 0 aromatic heterocycles. The van der Waals surface area contributed by atoms with Crippen molar-refractivity contribution in [1.29, 1.82) is 0 Å². The molecule has 0 spiro atoms. The molecule has 0 bridgehead atoms. The van der Waals surface area contributed by atoms with Crippen molar-refractivity contribution in [3.8, 4) is 28.0 Å². The minimum Gasteiger partial charge on any atom is -0.507 e. The van der Waals surface area contributed by atoms with Gasteiger partial charge in [-0.05, 0) is 56.7 Å². The molecule has 1 N–H and O–H groups in total. The number of hydrogen-bond donors (Lipinski definition) is 1. The van der Waals surface area contributed by atoms with Gasteiger partial charge in [0.1, 0.15) is 5.75 Å². The van der Waals surface area contributed by atoms with Crippen LogP contribution in [0.15, 0.2) is 54.6 Å². The Morgan fingerprint density at radius 2 is 1.25 bits per heavy atom. The van der Waals surface area contributed by atoms with Crippen molar-refractivity contribution in [3.63, 3.8) is 0 Å². The largest absolute Gasteiger partial charge is 3.00 e. The van der Waals surface area contributed by atoms with Crippen LogP contribution < -0.4 is 0 Å². The van der Waals surface area contributed by atoms with E-state index in [-0.39, 0.29) is 54.8 Å². The fourth-order valence-corrected chi connectivity index (χ4v) is 4.17. The maximum atomic E-state index is 11.2. The Balaban J connectivity index is 0.00000240. The Morgan fingerprint density at radius 3 is 1.84 bits per heavy atom. The van der Waals surface area contributed by atoms with Gasteiger partial charge in [-0.25, -0.2) is 0 Å². The normalized spacial score (nSPS) is 11.7. The van der Waals surface area contributed by atoms with Crippen LogP contribution in [0.4, 0.5) is 0 Å². The quantitative estimate of drug-likeness (QED) is 0.221. The summed E-state index contributed by atoms with van der Waals surface area (Å²) in [6.07, 6.45) is 0.963. The van der Waals surface area contributed by atoms with Gasteiger partial charge in [0.2, 0.25) is 0 Å². The molecule has 0 aliphatic heterocycles. The Hall–Kier alpha value is -1.83. The molecule has 0 unspecified atom stereocenters. The SMILES string of the molecule is CC(C)(C)c1cc(-c2ccc3c(c2)Cc2ccccc2-3)c(O)c(C(C)(C)C)c1.[CH3-].[CH3-].[CH3-].[Ti+3]. The summed E-state index contributed by atoms with van der Waals surface area (Å²) in [4.78, 5) is 0. The second-order valence-corrected chi connectivity index (χ2v) is 10.1. The van der Waals surface area contributed by atoms with Gasteiger partial charge >= 0.3 is 21.7 Å². The maximum absolute atomic E-state index is 11.2. The topological polar surface area (TPSA) is 20.2 Å². The standard InChI is InChI=1S/C27H30O.3CH3.Ti/c1-26(2,3)20-15-23(25(28)24(16-20)27(4,5)6)18-11-12-22-19(14-18)13-17-9-7-8-10-21(17)22;;;;/h7-12,14-16,28H,13H2,1-6H3;3*1H3;/q;3*-1;+3. The van der Waals surface area contributed by atoms with E-state index in [4.69, 9.17) is 0 Å². The monoisotopic (exact) mass is 463 g/mol. The van der Waals surface area contributed by atoms with Crippen molar-refractivity contribution in [3.05, 3.63) is 99.1 Å². The van der Waals surface area contributed by atoms with Gasteiger partial charge < -0.3 is 27.4 Å². The van der Waals surface area contributed by atoms with Crippen LogP contribution in [0, 0.1) is 22.3 Å². The molecular formula is C30H39OTi. The zero-order valence-corrected chi connectivity index (χ0v) is 22.9. The van der Waals surface area contributed by atoms with Gasteiger partial charge in [0.05, 0.1) is 0 Å². The van der Waals surface area contributed by atoms with Crippen LogP contribution in [0.1, 0.15) is 63.8 Å². The fraction of sp³-hybridized carbons (Fsp3) is 0.300. The van der Waals surface area contributed by atoms with Crippen molar-refractivity contribution in [2.45, 2.75) is 58.8 Å². The molecule has 2 heteroatoms. The van der Waals surface area contributed by atoms with E-state index in [2.05, 4.69) is 96.1 Å². The van der Waals surface area contributed by atoms with E-state index >= 15 is 0 Å². The molecule has 0 atom stereocenters. The number of fused-ring (bicyclic) bond motifs is 3. The predicted octanol–water partition coefficient (Wildman–Crippen LogP) is 8.57. The first kappa shape index (κ1) is 30.2. The van der Waals surface area contributed by atoms with Crippen LogP contribution in [0.3, 0.4) is 0 Å². The van der Waals surface area contributed by atoms with Gasteiger partial charge in [-0.15, -0.1) is 0 Å². The third-order valence-corrected chi connectivity index (χ3v) is 5.89. The summed E-state index contributed by atoms with van der Waals surface area (Å²) in [6, 6.07) is 19.6. The van der Waals surface area contributed by atoms with Crippen molar-refractivity contribution in [2.24, 2.45) is 0 Å². The van der Waals surface area contributed by atoms with E-state index in [1.807, 2.05) is 0 Å². The minimum atomic E-state index is -0.118. The molecule has 0 heterocycles. The van der Waals surface area contributed by atoms with Crippen molar-refractivity contribution < 1.29 is 26.8 Å². The molecule has 1 aliphatic carbocycles. The van der Waals surface area contributed by atoms with Gasteiger partial charge in [0.25, 0.3) is 0 Å². The number of aromatic hydroxyl groups is 1. The second kappa shape index (κ2) is 10.4. The Labute approximate surface area is 212 Å². The summed E-state index contributed by atoms with van der Waals surface area (Å²) >= 11 is 0. The van der Waals surface area contributed by atoms with E-state index in [0.29, 0.717) is 5.75 Å². The van der Waals surface area contributed by atoms with E-state index in [0.717, 1.165) is 23.1 Å². The molecule has 0 amide bonds. The second-order valence-electron chi connectivity index (χ2n) is 10.1. The average molecular weight is 464 g/mol. The molecule has 1 aliphatic rings. The fourth-order valence-electron chi connectivity index (χ4n) is 4.17. The third-order valence-electron chi connectivity index (χ3n) is 5.89. The summed E-state index contributed by atoms with van der Waals surface area (Å²) in [5.41, 5.74) is 9.61. The summed E-state index contributed by atoms with van der Waals surface area (Å²) in [5.74, 6) is 0.413.